The summed E-state index contributed by atoms with van der Waals surface area (Å²) in [5.74, 6) is -1.31. The predicted octanol–water partition coefficient (Wildman–Crippen LogP) is 2.82. The molecular formula is C17H19NO4. The third-order valence-corrected chi connectivity index (χ3v) is 3.31. The van der Waals surface area contributed by atoms with Gasteiger partial charge in [0.25, 0.3) is 0 Å². The third-order valence-electron chi connectivity index (χ3n) is 3.31. The van der Waals surface area contributed by atoms with Crippen LogP contribution in [0.2, 0.25) is 0 Å². The van der Waals surface area contributed by atoms with E-state index in [1.165, 1.54) is 18.2 Å². The number of hydrogen-bond donors (Lipinski definition) is 3. The Hall–Kier alpha value is -2.53. The Morgan fingerprint density at radius 3 is 2.55 bits per heavy atom. The summed E-state index contributed by atoms with van der Waals surface area (Å²) < 4.78 is 5.86. The number of benzene rings is 2. The monoisotopic (exact) mass is 301 g/mol. The van der Waals surface area contributed by atoms with Crippen LogP contribution in [0.1, 0.15) is 28.4 Å². The van der Waals surface area contributed by atoms with Gasteiger partial charge in [-0.1, -0.05) is 36.4 Å². The van der Waals surface area contributed by atoms with Gasteiger partial charge in [-0.15, -0.1) is 0 Å². The standard InChI is InChI=1S/C17H19NO4/c1-18-11-10-15(12-6-3-2-4-7-12)22-16-13(17(20)21)8-5-9-14(16)19/h2-9,15,18-19H,10-11H2,1H3,(H,20,21)/t15-/m1/s1. The van der Waals surface area contributed by atoms with Crippen molar-refractivity contribution >= 4 is 5.97 Å². The van der Waals surface area contributed by atoms with E-state index in [0.717, 1.165) is 5.56 Å². The van der Waals surface area contributed by atoms with Crippen LogP contribution in [-0.2, 0) is 0 Å². The van der Waals surface area contributed by atoms with Crippen molar-refractivity contribution < 1.29 is 19.7 Å². The summed E-state index contributed by atoms with van der Waals surface area (Å²) >= 11 is 0. The molecule has 2 aromatic carbocycles. The molecule has 5 heteroatoms. The van der Waals surface area contributed by atoms with Gasteiger partial charge in [-0.3, -0.25) is 0 Å². The molecule has 0 fully saturated rings. The summed E-state index contributed by atoms with van der Waals surface area (Å²) in [6.45, 7) is 0.704. The summed E-state index contributed by atoms with van der Waals surface area (Å²) in [6.07, 6.45) is 0.300. The Balaban J connectivity index is 2.33. The maximum atomic E-state index is 11.3. The lowest BCUT2D eigenvalue weighted by atomic mass is 10.1. The van der Waals surface area contributed by atoms with E-state index in [4.69, 9.17) is 4.74 Å². The van der Waals surface area contributed by atoms with Crippen LogP contribution in [0.15, 0.2) is 48.5 Å². The second-order valence-electron chi connectivity index (χ2n) is 4.87. The van der Waals surface area contributed by atoms with Gasteiger partial charge in [0.05, 0.1) is 0 Å². The smallest absolute Gasteiger partial charge is 0.339 e. The Labute approximate surface area is 129 Å². The molecule has 2 aromatic rings. The van der Waals surface area contributed by atoms with E-state index in [0.29, 0.717) is 13.0 Å². The van der Waals surface area contributed by atoms with Crippen LogP contribution in [0.25, 0.3) is 0 Å². The molecule has 22 heavy (non-hydrogen) atoms. The minimum absolute atomic E-state index is 0.0000406. The van der Waals surface area contributed by atoms with Gasteiger partial charge in [-0.25, -0.2) is 4.79 Å². The van der Waals surface area contributed by atoms with Crippen LogP contribution >= 0.6 is 0 Å². The van der Waals surface area contributed by atoms with Crippen molar-refractivity contribution in [2.75, 3.05) is 13.6 Å². The Bertz CT molecular complexity index is 628. The van der Waals surface area contributed by atoms with E-state index in [1.807, 2.05) is 37.4 Å². The fraction of sp³-hybridized carbons (Fsp3) is 0.235. The number of ether oxygens (including phenoxy) is 1. The number of aromatic carboxylic acids is 1. The van der Waals surface area contributed by atoms with Gasteiger partial charge in [0.2, 0.25) is 0 Å². The molecule has 5 nitrogen and oxygen atoms in total. The van der Waals surface area contributed by atoms with E-state index in [1.54, 1.807) is 0 Å². The molecule has 0 radical (unpaired) electrons. The van der Waals surface area contributed by atoms with Crippen molar-refractivity contribution in [3.05, 3.63) is 59.7 Å². The average Bonchev–Trinajstić information content (AvgIpc) is 2.53. The summed E-state index contributed by atoms with van der Waals surface area (Å²) in [6, 6.07) is 13.8. The van der Waals surface area contributed by atoms with Crippen LogP contribution in [0.4, 0.5) is 0 Å². The number of carboxylic acids is 1. The zero-order chi connectivity index (χ0) is 15.9. The van der Waals surface area contributed by atoms with E-state index < -0.39 is 5.97 Å². The van der Waals surface area contributed by atoms with Gasteiger partial charge in [0.1, 0.15) is 11.7 Å². The molecular weight excluding hydrogens is 282 g/mol. The molecule has 1 atom stereocenters. The molecule has 2 rings (SSSR count). The highest BCUT2D eigenvalue weighted by atomic mass is 16.5. The first kappa shape index (κ1) is 15.9. The topological polar surface area (TPSA) is 78.8 Å². The van der Waals surface area contributed by atoms with Gasteiger partial charge < -0.3 is 20.3 Å². The highest BCUT2D eigenvalue weighted by molar-refractivity contribution is 5.91. The first-order valence-electron chi connectivity index (χ1n) is 7.05. The van der Waals surface area contributed by atoms with Crippen molar-refractivity contribution in [2.45, 2.75) is 12.5 Å². The van der Waals surface area contributed by atoms with Gasteiger partial charge in [-0.05, 0) is 31.3 Å². The van der Waals surface area contributed by atoms with E-state index in [9.17, 15) is 15.0 Å². The van der Waals surface area contributed by atoms with Gasteiger partial charge >= 0.3 is 5.97 Å². The number of phenols is 1. The number of hydrogen-bond acceptors (Lipinski definition) is 4. The molecule has 0 saturated carbocycles. The van der Waals surface area contributed by atoms with Crippen molar-refractivity contribution in [2.24, 2.45) is 0 Å². The van der Waals surface area contributed by atoms with Crippen LogP contribution in [0.3, 0.4) is 0 Å². The minimum atomic E-state index is -1.13. The molecule has 0 aliphatic rings. The Kier molecular flexibility index (Phi) is 5.38. The van der Waals surface area contributed by atoms with Crippen molar-refractivity contribution in [1.82, 2.24) is 5.32 Å². The highest BCUT2D eigenvalue weighted by Gasteiger charge is 2.20. The maximum absolute atomic E-state index is 11.3. The molecule has 0 heterocycles. The Morgan fingerprint density at radius 1 is 1.18 bits per heavy atom. The molecule has 0 amide bonds. The minimum Gasteiger partial charge on any atom is -0.504 e. The number of carbonyl (C=O) groups is 1. The SMILES string of the molecule is CNCC[C@@H](Oc1c(O)cccc1C(=O)O)c1ccccc1. The predicted molar refractivity (Wildman–Crippen MR) is 83.4 cm³/mol. The van der Waals surface area contributed by atoms with Crippen LogP contribution in [0, 0.1) is 0 Å². The lowest BCUT2D eigenvalue weighted by Crippen LogP contribution is -2.17. The molecule has 0 saturated heterocycles. The third kappa shape index (κ3) is 3.77. The lowest BCUT2D eigenvalue weighted by Gasteiger charge is -2.21. The summed E-state index contributed by atoms with van der Waals surface area (Å²) in [7, 11) is 1.84. The maximum Gasteiger partial charge on any atom is 0.339 e. The molecule has 3 N–H and O–H groups in total. The summed E-state index contributed by atoms with van der Waals surface area (Å²) in [5.41, 5.74) is 0.878. The zero-order valence-corrected chi connectivity index (χ0v) is 12.3. The average molecular weight is 301 g/mol. The lowest BCUT2D eigenvalue weighted by molar-refractivity contribution is 0.0687. The summed E-state index contributed by atoms with van der Waals surface area (Å²) in [4.78, 5) is 11.3. The van der Waals surface area contributed by atoms with Crippen LogP contribution < -0.4 is 10.1 Å². The Morgan fingerprint density at radius 2 is 1.91 bits per heavy atom. The van der Waals surface area contributed by atoms with E-state index in [-0.39, 0.29) is 23.2 Å². The normalized spacial score (nSPS) is 11.9. The molecule has 0 bridgehead atoms. The first-order valence-corrected chi connectivity index (χ1v) is 7.05. The van der Waals surface area contributed by atoms with Crippen LogP contribution in [-0.4, -0.2) is 29.8 Å². The highest BCUT2D eigenvalue weighted by Crippen LogP contribution is 2.35. The quantitative estimate of drug-likeness (QED) is 0.733. The fourth-order valence-corrected chi connectivity index (χ4v) is 2.20. The van der Waals surface area contributed by atoms with Crippen LogP contribution in [0.5, 0.6) is 11.5 Å². The number of para-hydroxylation sites is 1. The number of carboxylic acid groups (broad SMARTS) is 1. The first-order chi connectivity index (χ1) is 10.6. The molecule has 0 unspecified atom stereocenters. The van der Waals surface area contributed by atoms with Gasteiger partial charge in [0.15, 0.2) is 11.5 Å². The zero-order valence-electron chi connectivity index (χ0n) is 12.3. The number of phenolic OH excluding ortho intramolecular Hbond substituents is 1. The molecule has 0 aliphatic carbocycles. The molecule has 0 aromatic heterocycles. The van der Waals surface area contributed by atoms with Gasteiger partial charge in [0, 0.05) is 6.42 Å². The van der Waals surface area contributed by atoms with Crippen molar-refractivity contribution in [3.8, 4) is 11.5 Å². The molecule has 0 spiro atoms. The molecule has 116 valence electrons. The fourth-order valence-electron chi connectivity index (χ4n) is 2.20. The number of nitrogens with one attached hydrogen (secondary N) is 1. The van der Waals surface area contributed by atoms with E-state index in [2.05, 4.69) is 5.32 Å². The number of rotatable bonds is 7. The van der Waals surface area contributed by atoms with Crippen molar-refractivity contribution in [3.63, 3.8) is 0 Å². The number of aromatic hydroxyl groups is 1. The summed E-state index contributed by atoms with van der Waals surface area (Å²) in [5, 5.41) is 22.3. The van der Waals surface area contributed by atoms with E-state index >= 15 is 0 Å². The second kappa shape index (κ2) is 7.47. The van der Waals surface area contributed by atoms with Crippen molar-refractivity contribution in [1.29, 1.82) is 0 Å². The molecule has 0 aliphatic heterocycles. The van der Waals surface area contributed by atoms with Gasteiger partial charge in [-0.2, -0.15) is 0 Å². The largest absolute Gasteiger partial charge is 0.504 e. The second-order valence-corrected chi connectivity index (χ2v) is 4.87.